The highest BCUT2D eigenvalue weighted by atomic mass is 28.3. The standard InChI is InChI=1S/C52H34N4OSi/c1-5-20-45-39(16-1)40-17-2-6-21-46(40)55(45)35-26-28-37(29-27-35)58(51-24-9-11-30-53-51,52-25-10-12-31-54-52)38-15-13-14-36(32-38)56-47-22-7-3-18-41(47)43-34-50-44(33-48(43)56)42-19-4-8-23-49(42)57-50/h1-34H. The molecule has 12 rings (SSSR count). The third-order valence-corrected chi connectivity index (χ3v) is 16.5. The van der Waals surface area contributed by atoms with Crippen molar-refractivity contribution in [1.29, 1.82) is 0 Å². The van der Waals surface area contributed by atoms with E-state index in [1.54, 1.807) is 0 Å². The predicted molar refractivity (Wildman–Crippen MR) is 242 cm³/mol. The van der Waals surface area contributed by atoms with Crippen molar-refractivity contribution >= 4 is 94.6 Å². The van der Waals surface area contributed by atoms with Gasteiger partial charge in [0.1, 0.15) is 11.2 Å². The summed E-state index contributed by atoms with van der Waals surface area (Å²) in [6, 6.07) is 69.7. The molecule has 6 heteroatoms. The number of pyridine rings is 2. The van der Waals surface area contributed by atoms with Crippen molar-refractivity contribution in [2.24, 2.45) is 0 Å². The van der Waals surface area contributed by atoms with Crippen LogP contribution in [0.1, 0.15) is 0 Å². The molecule has 0 aliphatic rings. The Morgan fingerprint density at radius 2 is 0.897 bits per heavy atom. The molecule has 0 aliphatic carbocycles. The lowest BCUT2D eigenvalue weighted by molar-refractivity contribution is 0.669. The molecule has 12 aromatic rings. The second kappa shape index (κ2) is 12.7. The quantitative estimate of drug-likeness (QED) is 0.159. The van der Waals surface area contributed by atoms with Crippen LogP contribution in [0.5, 0.6) is 0 Å². The largest absolute Gasteiger partial charge is 0.456 e. The lowest BCUT2D eigenvalue weighted by Crippen LogP contribution is -2.76. The van der Waals surface area contributed by atoms with Crippen molar-refractivity contribution in [2.45, 2.75) is 0 Å². The molecule has 0 atom stereocenters. The lowest BCUT2D eigenvalue weighted by atomic mass is 10.1. The molecule has 272 valence electrons. The van der Waals surface area contributed by atoms with Crippen LogP contribution in [0.3, 0.4) is 0 Å². The smallest absolute Gasteiger partial charge is 0.223 e. The third kappa shape index (κ3) is 4.70. The van der Waals surface area contributed by atoms with E-state index in [4.69, 9.17) is 14.4 Å². The van der Waals surface area contributed by atoms with Crippen LogP contribution in [-0.2, 0) is 0 Å². The lowest BCUT2D eigenvalue weighted by Gasteiger charge is -2.32. The van der Waals surface area contributed by atoms with Gasteiger partial charge in [0.25, 0.3) is 0 Å². The van der Waals surface area contributed by atoms with E-state index in [1.807, 2.05) is 36.7 Å². The Bertz CT molecular complexity index is 3420. The van der Waals surface area contributed by atoms with Crippen molar-refractivity contribution in [3.8, 4) is 11.4 Å². The van der Waals surface area contributed by atoms with E-state index >= 15 is 0 Å². The van der Waals surface area contributed by atoms with Crippen molar-refractivity contribution in [3.63, 3.8) is 0 Å². The highest BCUT2D eigenvalue weighted by Crippen LogP contribution is 2.38. The molecule has 5 nitrogen and oxygen atoms in total. The van der Waals surface area contributed by atoms with Crippen LogP contribution in [0, 0.1) is 0 Å². The molecule has 5 aromatic heterocycles. The Kier molecular flexibility index (Phi) is 7.18. The number of aromatic nitrogens is 4. The maximum absolute atomic E-state index is 6.39. The summed E-state index contributed by atoms with van der Waals surface area (Å²) in [6.45, 7) is 0. The van der Waals surface area contributed by atoms with Gasteiger partial charge in [-0.1, -0.05) is 109 Å². The molecule has 0 unspecified atom stereocenters. The molecule has 0 spiro atoms. The topological polar surface area (TPSA) is 48.8 Å². The van der Waals surface area contributed by atoms with Gasteiger partial charge in [-0.25, -0.2) is 0 Å². The highest BCUT2D eigenvalue weighted by Gasteiger charge is 2.44. The molecular weight excluding hydrogens is 725 g/mol. The Morgan fingerprint density at radius 1 is 0.345 bits per heavy atom. The van der Waals surface area contributed by atoms with E-state index in [9.17, 15) is 0 Å². The van der Waals surface area contributed by atoms with Crippen LogP contribution >= 0.6 is 0 Å². The Morgan fingerprint density at radius 3 is 1.52 bits per heavy atom. The number of nitrogens with zero attached hydrogens (tertiary/aromatic N) is 4. The third-order valence-electron chi connectivity index (χ3n) is 11.9. The summed E-state index contributed by atoms with van der Waals surface area (Å²) in [4.78, 5) is 10.4. The first-order valence-corrected chi connectivity index (χ1v) is 21.6. The summed E-state index contributed by atoms with van der Waals surface area (Å²) < 4.78 is 11.2. The summed E-state index contributed by atoms with van der Waals surface area (Å²) in [6.07, 6.45) is 3.84. The molecule has 0 amide bonds. The maximum Gasteiger partial charge on any atom is 0.223 e. The van der Waals surface area contributed by atoms with Crippen LogP contribution in [0.15, 0.2) is 211 Å². The minimum atomic E-state index is -3.12. The molecular formula is C52H34N4OSi. The van der Waals surface area contributed by atoms with E-state index in [2.05, 4.69) is 179 Å². The first kappa shape index (κ1) is 32.7. The van der Waals surface area contributed by atoms with Gasteiger partial charge >= 0.3 is 0 Å². The van der Waals surface area contributed by atoms with Crippen LogP contribution in [0.25, 0.3) is 76.9 Å². The number of hydrogen-bond donors (Lipinski definition) is 0. The fourth-order valence-corrected chi connectivity index (χ4v) is 13.8. The number of hydrogen-bond acceptors (Lipinski definition) is 3. The molecule has 5 heterocycles. The Hall–Kier alpha value is -7.54. The number of benzene rings is 7. The SMILES string of the molecule is c1ccc([Si](c2ccc(-n3c4ccccc4c4ccccc43)cc2)(c2cccc(-n3c4ccccc4c4cc5oc6ccccc6c5cc43)c2)c2ccccn2)nc1. The minimum absolute atomic E-state index is 0.895. The van der Waals surface area contributed by atoms with Crippen LogP contribution in [0.2, 0.25) is 0 Å². The van der Waals surface area contributed by atoms with Gasteiger partial charge in [-0.15, -0.1) is 0 Å². The molecule has 0 N–H and O–H groups in total. The van der Waals surface area contributed by atoms with E-state index < -0.39 is 8.07 Å². The van der Waals surface area contributed by atoms with E-state index in [-0.39, 0.29) is 0 Å². The summed E-state index contributed by atoms with van der Waals surface area (Å²) in [5.41, 5.74) is 8.65. The van der Waals surface area contributed by atoms with Crippen molar-refractivity contribution in [2.75, 3.05) is 0 Å². The molecule has 0 saturated heterocycles. The maximum atomic E-state index is 6.39. The minimum Gasteiger partial charge on any atom is -0.456 e. The summed E-state index contributed by atoms with van der Waals surface area (Å²) in [5.74, 6) is 0. The molecule has 0 fully saturated rings. The van der Waals surface area contributed by atoms with Gasteiger partial charge in [-0.2, -0.15) is 0 Å². The summed E-state index contributed by atoms with van der Waals surface area (Å²) in [7, 11) is -3.12. The van der Waals surface area contributed by atoms with E-state index in [0.29, 0.717) is 0 Å². The predicted octanol–water partition coefficient (Wildman–Crippen LogP) is 9.95. The average molecular weight is 759 g/mol. The zero-order valence-corrected chi connectivity index (χ0v) is 32.3. The van der Waals surface area contributed by atoms with Crippen molar-refractivity contribution < 1.29 is 4.42 Å². The number of rotatable bonds is 6. The second-order valence-corrected chi connectivity index (χ2v) is 18.6. The molecule has 7 aromatic carbocycles. The first-order valence-electron chi connectivity index (χ1n) is 19.6. The van der Waals surface area contributed by atoms with Gasteiger partial charge in [0.2, 0.25) is 8.07 Å². The van der Waals surface area contributed by atoms with Crippen molar-refractivity contribution in [3.05, 3.63) is 207 Å². The molecule has 0 aliphatic heterocycles. The number of furan rings is 1. The molecule has 0 bridgehead atoms. The van der Waals surface area contributed by atoms with E-state index in [1.165, 1.54) is 37.6 Å². The molecule has 0 saturated carbocycles. The van der Waals surface area contributed by atoms with Crippen LogP contribution in [-0.4, -0.2) is 27.2 Å². The average Bonchev–Trinajstić information content (AvgIpc) is 3.94. The van der Waals surface area contributed by atoms with Crippen LogP contribution < -0.4 is 21.0 Å². The molecule has 0 radical (unpaired) electrons. The van der Waals surface area contributed by atoms with Gasteiger partial charge in [-0.3, -0.25) is 9.97 Å². The fraction of sp³-hybridized carbons (Fsp3) is 0. The molecule has 58 heavy (non-hydrogen) atoms. The first-order chi connectivity index (χ1) is 28.8. The van der Waals surface area contributed by atoms with Gasteiger partial charge in [0, 0.05) is 66.7 Å². The normalized spacial score (nSPS) is 12.1. The van der Waals surface area contributed by atoms with E-state index in [0.717, 1.165) is 60.4 Å². The van der Waals surface area contributed by atoms with Gasteiger partial charge in [0.15, 0.2) is 0 Å². The van der Waals surface area contributed by atoms with Gasteiger partial charge in [-0.05, 0) is 95.3 Å². The number of fused-ring (bicyclic) bond motifs is 9. The van der Waals surface area contributed by atoms with Crippen molar-refractivity contribution in [1.82, 2.24) is 19.1 Å². The monoisotopic (exact) mass is 758 g/mol. The Labute approximate surface area is 334 Å². The zero-order valence-electron chi connectivity index (χ0n) is 31.3. The fourth-order valence-electron chi connectivity index (χ4n) is 9.46. The summed E-state index contributed by atoms with van der Waals surface area (Å²) in [5, 5.41) is 11.5. The number of para-hydroxylation sites is 4. The zero-order chi connectivity index (χ0) is 38.2. The van der Waals surface area contributed by atoms with Crippen LogP contribution in [0.4, 0.5) is 0 Å². The summed E-state index contributed by atoms with van der Waals surface area (Å²) >= 11 is 0. The van der Waals surface area contributed by atoms with Gasteiger partial charge < -0.3 is 13.6 Å². The Balaban J connectivity index is 1.11. The van der Waals surface area contributed by atoms with Gasteiger partial charge in [0.05, 0.1) is 22.1 Å². The highest BCUT2D eigenvalue weighted by molar-refractivity contribution is 7.19. The second-order valence-electron chi connectivity index (χ2n) is 15.0.